The van der Waals surface area contributed by atoms with Crippen LogP contribution in [0.5, 0.6) is 0 Å². The van der Waals surface area contributed by atoms with Crippen LogP contribution in [0.4, 0.5) is 0 Å². The summed E-state index contributed by atoms with van der Waals surface area (Å²) in [6.07, 6.45) is 3.49. The van der Waals surface area contributed by atoms with E-state index in [1.165, 1.54) is 16.7 Å². The van der Waals surface area contributed by atoms with Gasteiger partial charge in [0.1, 0.15) is 0 Å². The molecule has 0 spiro atoms. The summed E-state index contributed by atoms with van der Waals surface area (Å²) < 4.78 is 0. The fourth-order valence-corrected chi connectivity index (χ4v) is 1.71. The average Bonchev–Trinajstić information content (AvgIpc) is 2.19. The van der Waals surface area contributed by atoms with Gasteiger partial charge in [-0.3, -0.25) is 0 Å². The summed E-state index contributed by atoms with van der Waals surface area (Å²) in [6, 6.07) is 8.70. The standard InChI is InChI=1S/C12H15N/c1-10-4-2-5-11(8-10)12-6-3-7-13-9-12/h2,4-6,8,13H,3,7,9H2,1H3. The Bertz CT molecular complexity index is 326. The highest BCUT2D eigenvalue weighted by Gasteiger charge is 2.04. The normalized spacial score (nSPS) is 16.8. The van der Waals surface area contributed by atoms with E-state index in [9.17, 15) is 0 Å². The maximum Gasteiger partial charge on any atom is 0.0208 e. The van der Waals surface area contributed by atoms with Crippen LogP contribution >= 0.6 is 0 Å². The molecule has 0 radical (unpaired) electrons. The molecule has 0 fully saturated rings. The molecule has 0 aromatic heterocycles. The van der Waals surface area contributed by atoms with Crippen molar-refractivity contribution in [3.8, 4) is 0 Å². The molecular weight excluding hydrogens is 158 g/mol. The minimum atomic E-state index is 1.02. The van der Waals surface area contributed by atoms with E-state index in [1.54, 1.807) is 0 Å². The van der Waals surface area contributed by atoms with Crippen molar-refractivity contribution in [2.45, 2.75) is 13.3 Å². The van der Waals surface area contributed by atoms with Gasteiger partial charge < -0.3 is 5.32 Å². The van der Waals surface area contributed by atoms with E-state index in [0.717, 1.165) is 19.5 Å². The largest absolute Gasteiger partial charge is 0.312 e. The summed E-state index contributed by atoms with van der Waals surface area (Å²) in [6.45, 7) is 4.28. The molecule has 0 unspecified atom stereocenters. The minimum Gasteiger partial charge on any atom is -0.312 e. The molecule has 1 aromatic carbocycles. The van der Waals surface area contributed by atoms with Gasteiger partial charge in [0.2, 0.25) is 0 Å². The van der Waals surface area contributed by atoms with Crippen LogP contribution in [0.25, 0.3) is 5.57 Å². The van der Waals surface area contributed by atoms with Crippen molar-refractivity contribution in [3.05, 3.63) is 41.5 Å². The second-order valence-corrected chi connectivity index (χ2v) is 3.56. The molecular formula is C12H15N. The maximum atomic E-state index is 3.38. The zero-order valence-corrected chi connectivity index (χ0v) is 8.01. The summed E-state index contributed by atoms with van der Waals surface area (Å²) >= 11 is 0. The first-order valence-corrected chi connectivity index (χ1v) is 4.83. The van der Waals surface area contributed by atoms with Crippen LogP contribution in [0, 0.1) is 6.92 Å². The first kappa shape index (κ1) is 8.52. The number of nitrogens with one attached hydrogen (secondary N) is 1. The fraction of sp³-hybridized carbons (Fsp3) is 0.333. The molecule has 68 valence electrons. The van der Waals surface area contributed by atoms with Crippen LogP contribution in [-0.2, 0) is 0 Å². The molecule has 1 nitrogen and oxygen atoms in total. The average molecular weight is 173 g/mol. The molecule has 0 aliphatic carbocycles. The lowest BCUT2D eigenvalue weighted by Crippen LogP contribution is -2.21. The van der Waals surface area contributed by atoms with Gasteiger partial charge in [0.05, 0.1) is 0 Å². The molecule has 1 aliphatic heterocycles. The van der Waals surface area contributed by atoms with E-state index in [-0.39, 0.29) is 0 Å². The Kier molecular flexibility index (Phi) is 2.46. The van der Waals surface area contributed by atoms with Gasteiger partial charge in [0.15, 0.2) is 0 Å². The predicted octanol–water partition coefficient (Wildman–Crippen LogP) is 2.37. The summed E-state index contributed by atoms with van der Waals surface area (Å²) in [5, 5.41) is 3.38. The van der Waals surface area contributed by atoms with Crippen LogP contribution in [0.1, 0.15) is 17.5 Å². The van der Waals surface area contributed by atoms with Crippen molar-refractivity contribution in [3.63, 3.8) is 0 Å². The van der Waals surface area contributed by atoms with Crippen molar-refractivity contribution >= 4 is 5.57 Å². The lowest BCUT2D eigenvalue weighted by atomic mass is 10.0. The van der Waals surface area contributed by atoms with Crippen molar-refractivity contribution in [2.75, 3.05) is 13.1 Å². The number of hydrogen-bond donors (Lipinski definition) is 1. The molecule has 1 heterocycles. The van der Waals surface area contributed by atoms with Crippen LogP contribution in [-0.4, -0.2) is 13.1 Å². The highest BCUT2D eigenvalue weighted by Crippen LogP contribution is 2.17. The molecule has 0 amide bonds. The lowest BCUT2D eigenvalue weighted by Gasteiger charge is -2.14. The van der Waals surface area contributed by atoms with Gasteiger partial charge in [-0.1, -0.05) is 35.9 Å². The van der Waals surface area contributed by atoms with Crippen LogP contribution < -0.4 is 5.32 Å². The van der Waals surface area contributed by atoms with Gasteiger partial charge in [-0.15, -0.1) is 0 Å². The lowest BCUT2D eigenvalue weighted by molar-refractivity contribution is 0.739. The molecule has 1 N–H and O–H groups in total. The maximum absolute atomic E-state index is 3.38. The molecule has 0 saturated carbocycles. The number of rotatable bonds is 1. The predicted molar refractivity (Wildman–Crippen MR) is 56.6 cm³/mol. The second-order valence-electron chi connectivity index (χ2n) is 3.56. The molecule has 0 atom stereocenters. The highest BCUT2D eigenvalue weighted by atomic mass is 14.9. The Labute approximate surface area is 79.5 Å². The second kappa shape index (κ2) is 3.75. The summed E-state index contributed by atoms with van der Waals surface area (Å²) in [5.41, 5.74) is 4.14. The molecule has 0 bridgehead atoms. The number of benzene rings is 1. The molecule has 1 heteroatoms. The SMILES string of the molecule is Cc1cccc(C2=CCCNC2)c1. The first-order valence-electron chi connectivity index (χ1n) is 4.83. The molecule has 0 saturated heterocycles. The van der Waals surface area contributed by atoms with Crippen molar-refractivity contribution in [1.29, 1.82) is 0 Å². The van der Waals surface area contributed by atoms with E-state index in [4.69, 9.17) is 0 Å². The van der Waals surface area contributed by atoms with Crippen LogP contribution in [0.15, 0.2) is 30.3 Å². The Morgan fingerprint density at radius 3 is 2.92 bits per heavy atom. The monoisotopic (exact) mass is 173 g/mol. The Morgan fingerprint density at radius 2 is 2.23 bits per heavy atom. The van der Waals surface area contributed by atoms with Crippen molar-refractivity contribution in [1.82, 2.24) is 5.32 Å². The first-order chi connectivity index (χ1) is 6.36. The summed E-state index contributed by atoms with van der Waals surface area (Å²) in [7, 11) is 0. The van der Waals surface area contributed by atoms with Gasteiger partial charge in [-0.25, -0.2) is 0 Å². The topological polar surface area (TPSA) is 12.0 Å². The molecule has 1 aromatic rings. The quantitative estimate of drug-likeness (QED) is 0.687. The van der Waals surface area contributed by atoms with Crippen LogP contribution in [0.2, 0.25) is 0 Å². The van der Waals surface area contributed by atoms with Gasteiger partial charge in [0, 0.05) is 6.54 Å². The molecule has 2 rings (SSSR count). The van der Waals surface area contributed by atoms with Gasteiger partial charge in [0.25, 0.3) is 0 Å². The third kappa shape index (κ3) is 1.99. The van der Waals surface area contributed by atoms with Crippen molar-refractivity contribution in [2.24, 2.45) is 0 Å². The van der Waals surface area contributed by atoms with Crippen LogP contribution in [0.3, 0.4) is 0 Å². The van der Waals surface area contributed by atoms with E-state index >= 15 is 0 Å². The zero-order valence-electron chi connectivity index (χ0n) is 8.01. The number of hydrogen-bond acceptors (Lipinski definition) is 1. The van der Waals surface area contributed by atoms with Gasteiger partial charge in [-0.05, 0) is 31.0 Å². The fourth-order valence-electron chi connectivity index (χ4n) is 1.71. The Balaban J connectivity index is 2.29. The Hall–Kier alpha value is -1.08. The van der Waals surface area contributed by atoms with E-state index in [1.807, 2.05) is 0 Å². The van der Waals surface area contributed by atoms with Gasteiger partial charge >= 0.3 is 0 Å². The third-order valence-electron chi connectivity index (χ3n) is 2.42. The highest BCUT2D eigenvalue weighted by molar-refractivity contribution is 5.68. The summed E-state index contributed by atoms with van der Waals surface area (Å²) in [4.78, 5) is 0. The molecule has 13 heavy (non-hydrogen) atoms. The molecule has 1 aliphatic rings. The third-order valence-corrected chi connectivity index (χ3v) is 2.42. The van der Waals surface area contributed by atoms with Gasteiger partial charge in [-0.2, -0.15) is 0 Å². The zero-order chi connectivity index (χ0) is 9.10. The van der Waals surface area contributed by atoms with E-state index in [2.05, 4.69) is 42.6 Å². The smallest absolute Gasteiger partial charge is 0.0208 e. The Morgan fingerprint density at radius 1 is 1.31 bits per heavy atom. The summed E-state index contributed by atoms with van der Waals surface area (Å²) in [5.74, 6) is 0. The van der Waals surface area contributed by atoms with E-state index < -0.39 is 0 Å². The van der Waals surface area contributed by atoms with Crippen molar-refractivity contribution < 1.29 is 0 Å². The van der Waals surface area contributed by atoms with E-state index in [0.29, 0.717) is 0 Å². The number of aryl methyl sites for hydroxylation is 1. The minimum absolute atomic E-state index is 1.02.